The SMILES string of the molecule is CCC(C)(C)c1ccc(OCCCNC(=O)c2c(OC)c(-n3nc(C)nc3C)c3ccccc3c2O)c(C(C)(C)CC)c1. The smallest absolute Gasteiger partial charge is 0.258 e. The Balaban J connectivity index is 1.54. The highest BCUT2D eigenvalue weighted by Crippen LogP contribution is 2.43. The van der Waals surface area contributed by atoms with Gasteiger partial charge < -0.3 is 19.9 Å². The van der Waals surface area contributed by atoms with Crippen molar-refractivity contribution in [2.24, 2.45) is 0 Å². The van der Waals surface area contributed by atoms with Crippen LogP contribution < -0.4 is 14.8 Å². The molecule has 8 heteroatoms. The molecule has 2 N–H and O–H groups in total. The number of rotatable bonds is 12. The van der Waals surface area contributed by atoms with Gasteiger partial charge in [-0.1, -0.05) is 77.9 Å². The maximum Gasteiger partial charge on any atom is 0.258 e. The second-order valence-corrected chi connectivity index (χ2v) is 12.4. The largest absolute Gasteiger partial charge is 0.506 e. The third-order valence-electron chi connectivity index (χ3n) is 8.76. The molecule has 4 rings (SSSR count). The topological polar surface area (TPSA) is 98.5 Å². The summed E-state index contributed by atoms with van der Waals surface area (Å²) in [7, 11) is 1.49. The predicted molar refractivity (Wildman–Crippen MR) is 172 cm³/mol. The summed E-state index contributed by atoms with van der Waals surface area (Å²) in [5.41, 5.74) is 3.18. The lowest BCUT2D eigenvalue weighted by Crippen LogP contribution is -2.27. The molecule has 0 saturated carbocycles. The number of aromatic hydroxyl groups is 1. The zero-order chi connectivity index (χ0) is 31.5. The molecule has 0 unspecified atom stereocenters. The van der Waals surface area contributed by atoms with Gasteiger partial charge >= 0.3 is 0 Å². The molecule has 0 radical (unpaired) electrons. The number of hydrogen-bond acceptors (Lipinski definition) is 6. The Labute approximate surface area is 255 Å². The van der Waals surface area contributed by atoms with E-state index >= 15 is 0 Å². The van der Waals surface area contributed by atoms with E-state index < -0.39 is 5.91 Å². The minimum absolute atomic E-state index is 0.0355. The number of benzene rings is 3. The van der Waals surface area contributed by atoms with Crippen LogP contribution in [-0.2, 0) is 10.8 Å². The molecule has 0 fully saturated rings. The number of phenolic OH excluding ortho intramolecular Hbond substituents is 1. The van der Waals surface area contributed by atoms with Crippen molar-refractivity contribution in [2.45, 2.75) is 85.5 Å². The van der Waals surface area contributed by atoms with Gasteiger partial charge in [0, 0.05) is 22.9 Å². The summed E-state index contributed by atoms with van der Waals surface area (Å²) in [6.45, 7) is 17.9. The third-order valence-corrected chi connectivity index (χ3v) is 8.76. The average molecular weight is 587 g/mol. The van der Waals surface area contributed by atoms with E-state index in [4.69, 9.17) is 9.47 Å². The number of carbonyl (C=O) groups is 1. The summed E-state index contributed by atoms with van der Waals surface area (Å²) >= 11 is 0. The van der Waals surface area contributed by atoms with Crippen LogP contribution in [0.1, 0.15) is 93.9 Å². The summed E-state index contributed by atoms with van der Waals surface area (Å²) in [6.07, 6.45) is 2.63. The quantitative estimate of drug-likeness (QED) is 0.169. The number of methoxy groups -OCH3 is 1. The van der Waals surface area contributed by atoms with Gasteiger partial charge in [0.25, 0.3) is 5.91 Å². The number of aryl methyl sites for hydroxylation is 2. The molecule has 230 valence electrons. The first kappa shape index (κ1) is 31.9. The van der Waals surface area contributed by atoms with E-state index in [0.29, 0.717) is 47.7 Å². The highest BCUT2D eigenvalue weighted by atomic mass is 16.5. The molecule has 43 heavy (non-hydrogen) atoms. The zero-order valence-corrected chi connectivity index (χ0v) is 27.1. The van der Waals surface area contributed by atoms with E-state index in [9.17, 15) is 9.90 Å². The first-order valence-corrected chi connectivity index (χ1v) is 15.1. The lowest BCUT2D eigenvalue weighted by molar-refractivity contribution is 0.0946. The Morgan fingerprint density at radius 2 is 1.67 bits per heavy atom. The van der Waals surface area contributed by atoms with E-state index in [-0.39, 0.29) is 27.9 Å². The normalized spacial score (nSPS) is 12.0. The van der Waals surface area contributed by atoms with Crippen LogP contribution in [0.2, 0.25) is 0 Å². The lowest BCUT2D eigenvalue weighted by atomic mass is 9.76. The van der Waals surface area contributed by atoms with Crippen molar-refractivity contribution in [1.29, 1.82) is 0 Å². The second-order valence-electron chi connectivity index (χ2n) is 12.4. The number of nitrogens with one attached hydrogen (secondary N) is 1. The highest BCUT2D eigenvalue weighted by Gasteiger charge is 2.28. The summed E-state index contributed by atoms with van der Waals surface area (Å²) in [5.74, 6) is 1.78. The summed E-state index contributed by atoms with van der Waals surface area (Å²) in [5, 5.41) is 20.0. The first-order chi connectivity index (χ1) is 20.4. The van der Waals surface area contributed by atoms with Crippen LogP contribution in [0.25, 0.3) is 16.5 Å². The molecule has 0 aliphatic heterocycles. The fourth-order valence-corrected chi connectivity index (χ4v) is 5.28. The van der Waals surface area contributed by atoms with Crippen LogP contribution in [0.5, 0.6) is 17.2 Å². The van der Waals surface area contributed by atoms with Crippen LogP contribution in [0, 0.1) is 13.8 Å². The number of nitrogens with zero attached hydrogens (tertiary/aromatic N) is 3. The molecular formula is C35H46N4O4. The molecule has 0 aliphatic rings. The van der Waals surface area contributed by atoms with Crippen LogP contribution in [-0.4, -0.2) is 46.0 Å². The Morgan fingerprint density at radius 1 is 1.00 bits per heavy atom. The molecule has 0 aliphatic carbocycles. The van der Waals surface area contributed by atoms with Crippen LogP contribution >= 0.6 is 0 Å². The molecule has 3 aromatic carbocycles. The minimum Gasteiger partial charge on any atom is -0.506 e. The van der Waals surface area contributed by atoms with Crippen molar-refractivity contribution in [1.82, 2.24) is 20.1 Å². The Bertz CT molecular complexity index is 1620. The van der Waals surface area contributed by atoms with Gasteiger partial charge in [-0.2, -0.15) is 5.10 Å². The number of phenols is 1. The van der Waals surface area contributed by atoms with Crippen molar-refractivity contribution in [2.75, 3.05) is 20.3 Å². The molecule has 1 heterocycles. The molecule has 1 aromatic heterocycles. The van der Waals surface area contributed by atoms with E-state index in [2.05, 4.69) is 75.1 Å². The van der Waals surface area contributed by atoms with Gasteiger partial charge in [0.05, 0.1) is 13.7 Å². The van der Waals surface area contributed by atoms with Gasteiger partial charge in [-0.05, 0) is 55.6 Å². The van der Waals surface area contributed by atoms with Gasteiger partial charge in [0.2, 0.25) is 0 Å². The number of amides is 1. The van der Waals surface area contributed by atoms with Gasteiger partial charge in [0.1, 0.15) is 34.4 Å². The van der Waals surface area contributed by atoms with Gasteiger partial charge in [-0.3, -0.25) is 4.79 Å². The second kappa shape index (κ2) is 12.7. The number of aromatic nitrogens is 3. The monoisotopic (exact) mass is 586 g/mol. The Kier molecular flexibility index (Phi) is 9.38. The fraction of sp³-hybridized carbons (Fsp3) is 0.457. The molecule has 0 bridgehead atoms. The van der Waals surface area contributed by atoms with E-state index in [1.54, 1.807) is 17.7 Å². The maximum absolute atomic E-state index is 13.5. The maximum atomic E-state index is 13.5. The van der Waals surface area contributed by atoms with Crippen molar-refractivity contribution >= 4 is 16.7 Å². The van der Waals surface area contributed by atoms with Crippen molar-refractivity contribution in [3.63, 3.8) is 0 Å². The zero-order valence-electron chi connectivity index (χ0n) is 27.1. The minimum atomic E-state index is -0.435. The molecule has 0 atom stereocenters. The number of fused-ring (bicyclic) bond motifs is 1. The number of carbonyl (C=O) groups excluding carboxylic acids is 1. The van der Waals surface area contributed by atoms with Crippen molar-refractivity contribution in [3.8, 4) is 22.9 Å². The summed E-state index contributed by atoms with van der Waals surface area (Å²) in [6, 6.07) is 13.9. The molecule has 1 amide bonds. The first-order valence-electron chi connectivity index (χ1n) is 15.1. The third kappa shape index (κ3) is 6.33. The average Bonchev–Trinajstić information content (AvgIpc) is 3.33. The van der Waals surface area contributed by atoms with Crippen molar-refractivity contribution in [3.05, 3.63) is 70.8 Å². The number of hydrogen-bond donors (Lipinski definition) is 2. The Morgan fingerprint density at radius 3 is 2.28 bits per heavy atom. The standard InChI is InChI=1S/C35H46N4O4/c1-10-34(5,6)24-17-18-28(27(21-24)35(7,8)11-2)43-20-14-19-36-33(41)29-31(40)26-16-13-12-15-25(26)30(32(29)42-9)39-23(4)37-22(3)38-39/h12-13,15-18,21,40H,10-11,14,19-20H2,1-9H3,(H,36,41). The van der Waals surface area contributed by atoms with Crippen LogP contribution in [0.3, 0.4) is 0 Å². The Hall–Kier alpha value is -4.07. The molecular weight excluding hydrogens is 540 g/mol. The van der Waals surface area contributed by atoms with Gasteiger partial charge in [0.15, 0.2) is 5.75 Å². The van der Waals surface area contributed by atoms with Crippen LogP contribution in [0.15, 0.2) is 42.5 Å². The van der Waals surface area contributed by atoms with E-state index in [1.807, 2.05) is 25.1 Å². The van der Waals surface area contributed by atoms with Gasteiger partial charge in [-0.15, -0.1) is 0 Å². The molecule has 4 aromatic rings. The number of ether oxygens (including phenoxy) is 2. The highest BCUT2D eigenvalue weighted by molar-refractivity contribution is 6.10. The van der Waals surface area contributed by atoms with Crippen molar-refractivity contribution < 1.29 is 19.4 Å². The lowest BCUT2D eigenvalue weighted by Gasteiger charge is -2.30. The van der Waals surface area contributed by atoms with E-state index in [1.165, 1.54) is 18.2 Å². The van der Waals surface area contributed by atoms with Crippen LogP contribution in [0.4, 0.5) is 0 Å². The summed E-state index contributed by atoms with van der Waals surface area (Å²) in [4.78, 5) is 18.0. The van der Waals surface area contributed by atoms with E-state index in [0.717, 1.165) is 18.6 Å². The molecule has 0 saturated heterocycles. The predicted octanol–water partition coefficient (Wildman–Crippen LogP) is 7.33. The molecule has 8 nitrogen and oxygen atoms in total. The van der Waals surface area contributed by atoms with Gasteiger partial charge in [-0.25, -0.2) is 9.67 Å². The summed E-state index contributed by atoms with van der Waals surface area (Å²) < 4.78 is 13.7. The molecule has 0 spiro atoms. The fourth-order valence-electron chi connectivity index (χ4n) is 5.28.